The zero-order valence-electron chi connectivity index (χ0n) is 17.8. The van der Waals surface area contributed by atoms with Crippen LogP contribution >= 0.6 is 7.82 Å². The molecule has 2 atom stereocenters. The van der Waals surface area contributed by atoms with E-state index in [1.165, 1.54) is 32.1 Å². The molecule has 0 heterocycles. The fraction of sp³-hybridized carbons (Fsp3) is 0.895. The van der Waals surface area contributed by atoms with Crippen molar-refractivity contribution >= 4 is 19.7 Å². The number of carbonyl (C=O) groups excluding carboxylic acids is 2. The molecule has 0 fully saturated rings. The summed E-state index contributed by atoms with van der Waals surface area (Å²) in [6, 6.07) is 0. The van der Waals surface area contributed by atoms with Gasteiger partial charge in [0.05, 0.1) is 13.2 Å². The molecule has 0 aliphatic heterocycles. The smallest absolute Gasteiger partial charge is 0.463 e. The lowest BCUT2D eigenvalue weighted by molar-refractivity contribution is -0.146. The summed E-state index contributed by atoms with van der Waals surface area (Å²) in [6.07, 6.45) is 8.58. The molecule has 0 aliphatic rings. The summed E-state index contributed by atoms with van der Waals surface area (Å²) < 4.78 is 25.7. The summed E-state index contributed by atoms with van der Waals surface area (Å²) >= 11 is 0. The summed E-state index contributed by atoms with van der Waals surface area (Å²) in [5.74, 6) is -0.614. The van der Waals surface area contributed by atoms with Crippen LogP contribution in [0.15, 0.2) is 0 Å². The summed E-state index contributed by atoms with van der Waals surface area (Å²) in [5.41, 5.74) is 0. The molecular weight excluding hydrogens is 401 g/mol. The van der Waals surface area contributed by atoms with Gasteiger partial charge in [-0.3, -0.25) is 18.6 Å². The Bertz CT molecular complexity index is 489. The molecule has 1 amide bonds. The van der Waals surface area contributed by atoms with Crippen LogP contribution in [-0.4, -0.2) is 54.3 Å². The summed E-state index contributed by atoms with van der Waals surface area (Å²) in [5, 5.41) is 12.1. The molecule has 29 heavy (non-hydrogen) atoms. The van der Waals surface area contributed by atoms with Crippen molar-refractivity contribution in [1.29, 1.82) is 0 Å². The van der Waals surface area contributed by atoms with E-state index in [4.69, 9.17) is 4.52 Å². The van der Waals surface area contributed by atoms with Gasteiger partial charge in [-0.1, -0.05) is 58.8 Å². The highest BCUT2D eigenvalue weighted by molar-refractivity contribution is 7.47. The predicted molar refractivity (Wildman–Crippen MR) is 109 cm³/mol. The van der Waals surface area contributed by atoms with Crippen molar-refractivity contribution in [3.63, 3.8) is 0 Å². The number of ether oxygens (including phenoxy) is 1. The third kappa shape index (κ3) is 18.8. The second-order valence-electron chi connectivity index (χ2n) is 6.86. The molecule has 172 valence electrons. The molecule has 0 bridgehead atoms. The Morgan fingerprint density at radius 3 is 2.21 bits per heavy atom. The Balaban J connectivity index is 3.66. The highest BCUT2D eigenvalue weighted by Gasteiger charge is 2.23. The normalized spacial score (nSPS) is 14.2. The molecule has 0 saturated heterocycles. The molecule has 0 saturated carbocycles. The molecule has 2 unspecified atom stereocenters. The van der Waals surface area contributed by atoms with Crippen LogP contribution < -0.4 is 5.32 Å². The summed E-state index contributed by atoms with van der Waals surface area (Å²) in [4.78, 5) is 32.2. The second-order valence-corrected chi connectivity index (χ2v) is 8.32. The number of phosphoric acid groups is 1. The average molecular weight is 439 g/mol. The van der Waals surface area contributed by atoms with Crippen LogP contribution in [0.3, 0.4) is 0 Å². The van der Waals surface area contributed by atoms with Crippen LogP contribution in [0.2, 0.25) is 0 Å². The van der Waals surface area contributed by atoms with Gasteiger partial charge in [0.25, 0.3) is 0 Å². The number of phosphoric ester groups is 1. The molecule has 0 aromatic carbocycles. The Kier molecular flexibility index (Phi) is 17.2. The van der Waals surface area contributed by atoms with Gasteiger partial charge in [-0.05, 0) is 6.42 Å². The van der Waals surface area contributed by atoms with Crippen molar-refractivity contribution in [3.05, 3.63) is 0 Å². The monoisotopic (exact) mass is 439 g/mol. The van der Waals surface area contributed by atoms with Gasteiger partial charge in [-0.15, -0.1) is 0 Å². The first kappa shape index (κ1) is 28.0. The van der Waals surface area contributed by atoms with Crippen LogP contribution in [0.1, 0.15) is 78.1 Å². The minimum absolute atomic E-state index is 0.0838. The minimum Gasteiger partial charge on any atom is -0.463 e. The molecule has 3 N–H and O–H groups in total. The van der Waals surface area contributed by atoms with Gasteiger partial charge < -0.3 is 20.1 Å². The van der Waals surface area contributed by atoms with Gasteiger partial charge in [0.2, 0.25) is 5.91 Å². The van der Waals surface area contributed by atoms with E-state index in [1.54, 1.807) is 6.92 Å². The molecule has 0 aliphatic carbocycles. The third-order valence-corrected chi connectivity index (χ3v) is 5.08. The van der Waals surface area contributed by atoms with E-state index in [9.17, 15) is 24.2 Å². The standard InChI is InChI=1S/C19H38NO8P/c1-3-5-6-7-8-9-10-11-12-18(22)20-13-14-27-29(24,25)28-16-17(21)15-26-19(23)4-2/h17,21H,3-16H2,1-2H3,(H,20,22)(H,24,25). The molecule has 0 rings (SSSR count). The lowest BCUT2D eigenvalue weighted by atomic mass is 10.1. The van der Waals surface area contributed by atoms with E-state index in [1.807, 2.05) is 0 Å². The molecule has 0 aromatic rings. The van der Waals surface area contributed by atoms with Gasteiger partial charge in [-0.25, -0.2) is 4.57 Å². The van der Waals surface area contributed by atoms with E-state index in [2.05, 4.69) is 21.5 Å². The van der Waals surface area contributed by atoms with Crippen LogP contribution in [-0.2, 0) is 27.9 Å². The summed E-state index contributed by atoms with van der Waals surface area (Å²) in [7, 11) is -4.35. The SMILES string of the molecule is CCCCCCCCCCC(=O)NCCOP(=O)(O)OCC(O)COC(=O)CC. The maximum absolute atomic E-state index is 11.7. The van der Waals surface area contributed by atoms with Crippen molar-refractivity contribution < 1.29 is 37.9 Å². The zero-order valence-corrected chi connectivity index (χ0v) is 18.7. The maximum Gasteiger partial charge on any atom is 0.472 e. The number of amides is 1. The predicted octanol–water partition coefficient (Wildman–Crippen LogP) is 3.08. The van der Waals surface area contributed by atoms with Gasteiger partial charge in [0, 0.05) is 19.4 Å². The Morgan fingerprint density at radius 1 is 0.966 bits per heavy atom. The van der Waals surface area contributed by atoms with Crippen LogP contribution in [0.4, 0.5) is 0 Å². The Hall–Kier alpha value is -0.990. The Labute approximate surface area is 174 Å². The lowest BCUT2D eigenvalue weighted by Crippen LogP contribution is -2.27. The molecule has 9 nitrogen and oxygen atoms in total. The number of hydrogen-bond acceptors (Lipinski definition) is 7. The van der Waals surface area contributed by atoms with E-state index in [0.717, 1.165) is 19.3 Å². The third-order valence-electron chi connectivity index (χ3n) is 4.09. The second kappa shape index (κ2) is 17.8. The zero-order chi connectivity index (χ0) is 22.0. The highest BCUT2D eigenvalue weighted by Crippen LogP contribution is 2.42. The number of aliphatic hydroxyl groups excluding tert-OH is 1. The van der Waals surface area contributed by atoms with Crippen molar-refractivity contribution in [2.45, 2.75) is 84.2 Å². The van der Waals surface area contributed by atoms with Gasteiger partial charge in [0.1, 0.15) is 12.7 Å². The van der Waals surface area contributed by atoms with Crippen molar-refractivity contribution in [3.8, 4) is 0 Å². The number of unbranched alkanes of at least 4 members (excludes halogenated alkanes) is 7. The average Bonchev–Trinajstić information content (AvgIpc) is 2.69. The molecular formula is C19H38NO8P. The van der Waals surface area contributed by atoms with Gasteiger partial charge in [-0.2, -0.15) is 0 Å². The first-order valence-corrected chi connectivity index (χ1v) is 12.0. The van der Waals surface area contributed by atoms with Gasteiger partial charge >= 0.3 is 13.8 Å². The molecule has 0 radical (unpaired) electrons. The largest absolute Gasteiger partial charge is 0.472 e. The number of hydrogen-bond donors (Lipinski definition) is 3. The quantitative estimate of drug-likeness (QED) is 0.159. The Morgan fingerprint density at radius 2 is 1.59 bits per heavy atom. The number of esters is 1. The van der Waals surface area contributed by atoms with Crippen molar-refractivity contribution in [2.24, 2.45) is 0 Å². The number of carbonyl (C=O) groups is 2. The van der Waals surface area contributed by atoms with Crippen molar-refractivity contribution in [1.82, 2.24) is 5.32 Å². The van der Waals surface area contributed by atoms with E-state index in [0.29, 0.717) is 6.42 Å². The van der Waals surface area contributed by atoms with Crippen LogP contribution in [0, 0.1) is 0 Å². The van der Waals surface area contributed by atoms with Crippen LogP contribution in [0.5, 0.6) is 0 Å². The maximum atomic E-state index is 11.7. The molecule has 0 spiro atoms. The number of rotatable bonds is 19. The molecule has 0 aromatic heterocycles. The minimum atomic E-state index is -4.35. The fourth-order valence-electron chi connectivity index (χ4n) is 2.42. The number of aliphatic hydroxyl groups is 1. The molecule has 10 heteroatoms. The fourth-order valence-corrected chi connectivity index (χ4v) is 3.17. The topological polar surface area (TPSA) is 131 Å². The highest BCUT2D eigenvalue weighted by atomic mass is 31.2. The van der Waals surface area contributed by atoms with Gasteiger partial charge in [0.15, 0.2) is 0 Å². The van der Waals surface area contributed by atoms with E-state index >= 15 is 0 Å². The van der Waals surface area contributed by atoms with Crippen LogP contribution in [0.25, 0.3) is 0 Å². The first-order chi connectivity index (χ1) is 13.8. The number of nitrogens with one attached hydrogen (secondary N) is 1. The summed E-state index contributed by atoms with van der Waals surface area (Å²) in [6.45, 7) is 2.83. The van der Waals surface area contributed by atoms with E-state index in [-0.39, 0.29) is 32.1 Å². The lowest BCUT2D eigenvalue weighted by Gasteiger charge is -2.15. The first-order valence-electron chi connectivity index (χ1n) is 10.5. The van der Waals surface area contributed by atoms with Crippen molar-refractivity contribution in [2.75, 3.05) is 26.4 Å². The van der Waals surface area contributed by atoms with E-state index < -0.39 is 26.5 Å².